The summed E-state index contributed by atoms with van der Waals surface area (Å²) in [7, 11) is 0. The molecule has 0 aromatic heterocycles. The van der Waals surface area contributed by atoms with Gasteiger partial charge in [-0.1, -0.05) is 18.1 Å². The first-order valence-corrected chi connectivity index (χ1v) is 4.72. The third kappa shape index (κ3) is 0.953. The average Bonchev–Trinajstić information content (AvgIpc) is 2.41. The van der Waals surface area contributed by atoms with Gasteiger partial charge in [0.2, 0.25) is 0 Å². The summed E-state index contributed by atoms with van der Waals surface area (Å²) in [6, 6.07) is 0. The van der Waals surface area contributed by atoms with Gasteiger partial charge in [0, 0.05) is 5.92 Å². The normalized spacial score (nSPS) is 36.8. The van der Waals surface area contributed by atoms with Crippen molar-refractivity contribution >= 4 is 0 Å². The minimum atomic E-state index is 0.940. The zero-order valence-corrected chi connectivity index (χ0v) is 7.78. The molecule has 0 saturated heterocycles. The first-order valence-electron chi connectivity index (χ1n) is 4.72. The molecule has 2 atom stereocenters. The highest BCUT2D eigenvalue weighted by molar-refractivity contribution is 5.39. The molecular formula is C11H17. The predicted octanol–water partition coefficient (Wildman–Crippen LogP) is 3.35. The van der Waals surface area contributed by atoms with Gasteiger partial charge < -0.3 is 0 Å². The molecule has 2 unspecified atom stereocenters. The Balaban J connectivity index is 2.33. The van der Waals surface area contributed by atoms with Crippen LogP contribution in [0, 0.1) is 17.8 Å². The van der Waals surface area contributed by atoms with Crippen LogP contribution in [0.2, 0.25) is 0 Å². The maximum atomic E-state index is 2.40. The second-order valence-electron chi connectivity index (χ2n) is 4.34. The van der Waals surface area contributed by atoms with Gasteiger partial charge >= 0.3 is 0 Å². The van der Waals surface area contributed by atoms with E-state index in [1.165, 1.54) is 19.3 Å². The lowest BCUT2D eigenvalue weighted by Gasteiger charge is -2.14. The summed E-state index contributed by atoms with van der Waals surface area (Å²) in [5.74, 6) is 3.67. The number of rotatable bonds is 0. The molecule has 0 nitrogen and oxygen atoms in total. The summed E-state index contributed by atoms with van der Waals surface area (Å²) >= 11 is 0. The Kier molecular flexibility index (Phi) is 1.59. The third-order valence-corrected chi connectivity index (χ3v) is 3.30. The second kappa shape index (κ2) is 2.36. The van der Waals surface area contributed by atoms with E-state index in [-0.39, 0.29) is 0 Å². The van der Waals surface area contributed by atoms with E-state index in [0.717, 1.165) is 11.8 Å². The van der Waals surface area contributed by atoms with Gasteiger partial charge in [-0.2, -0.15) is 0 Å². The summed E-state index contributed by atoms with van der Waals surface area (Å²) in [6.07, 6.45) is 4.23. The summed E-state index contributed by atoms with van der Waals surface area (Å²) in [4.78, 5) is 0. The standard InChI is InChI=1S/C11H17/c1-7(2)11-9-4-5-10(11)8(3)6-9/h8,10H,4-6H2,1-3H3. The highest BCUT2D eigenvalue weighted by Crippen LogP contribution is 2.54. The molecule has 0 aromatic rings. The summed E-state index contributed by atoms with van der Waals surface area (Å²) in [6.45, 7) is 6.94. The van der Waals surface area contributed by atoms with Crippen LogP contribution in [0.15, 0.2) is 11.1 Å². The van der Waals surface area contributed by atoms with Crippen molar-refractivity contribution < 1.29 is 0 Å². The molecule has 1 radical (unpaired) electrons. The Morgan fingerprint density at radius 1 is 1.36 bits per heavy atom. The molecule has 61 valence electrons. The molecule has 0 aliphatic heterocycles. The molecule has 0 spiro atoms. The lowest BCUT2D eigenvalue weighted by molar-refractivity contribution is 0.407. The Bertz CT molecular complexity index is 196. The van der Waals surface area contributed by atoms with Crippen molar-refractivity contribution in [3.05, 3.63) is 17.1 Å². The van der Waals surface area contributed by atoms with Crippen LogP contribution in [0.25, 0.3) is 0 Å². The van der Waals surface area contributed by atoms with E-state index in [1.807, 2.05) is 0 Å². The molecule has 11 heavy (non-hydrogen) atoms. The lowest BCUT2D eigenvalue weighted by atomic mass is 9.90. The molecule has 2 rings (SSSR count). The Morgan fingerprint density at radius 2 is 2.09 bits per heavy atom. The lowest BCUT2D eigenvalue weighted by Crippen LogP contribution is -2.05. The Labute approximate surface area is 69.7 Å². The SMILES string of the molecule is CC(C)=C1[C]2CCC1C(C)C2. The highest BCUT2D eigenvalue weighted by Gasteiger charge is 2.42. The quantitative estimate of drug-likeness (QED) is 0.495. The number of fused-ring (bicyclic) bond motifs is 2. The van der Waals surface area contributed by atoms with E-state index < -0.39 is 0 Å². The predicted molar refractivity (Wildman–Crippen MR) is 48.1 cm³/mol. The smallest absolute Gasteiger partial charge is 0.00141 e. The molecule has 2 bridgehead atoms. The summed E-state index contributed by atoms with van der Waals surface area (Å²) in [5, 5.41) is 0. The van der Waals surface area contributed by atoms with Crippen LogP contribution < -0.4 is 0 Å². The first-order chi connectivity index (χ1) is 5.20. The monoisotopic (exact) mass is 149 g/mol. The largest absolute Gasteiger partial charge is 0.0763 e. The maximum absolute atomic E-state index is 2.40. The van der Waals surface area contributed by atoms with Crippen molar-refractivity contribution in [2.24, 2.45) is 11.8 Å². The fourth-order valence-electron chi connectivity index (χ4n) is 2.91. The van der Waals surface area contributed by atoms with Crippen molar-refractivity contribution in [2.75, 3.05) is 0 Å². The van der Waals surface area contributed by atoms with Crippen molar-refractivity contribution in [2.45, 2.75) is 40.0 Å². The van der Waals surface area contributed by atoms with Crippen LogP contribution in [0.5, 0.6) is 0 Å². The van der Waals surface area contributed by atoms with Crippen LogP contribution in [0.3, 0.4) is 0 Å². The van der Waals surface area contributed by atoms with Gasteiger partial charge in [-0.15, -0.1) is 0 Å². The van der Waals surface area contributed by atoms with Gasteiger partial charge in [0.05, 0.1) is 0 Å². The van der Waals surface area contributed by atoms with Crippen LogP contribution in [-0.4, -0.2) is 0 Å². The Morgan fingerprint density at radius 3 is 2.36 bits per heavy atom. The van der Waals surface area contributed by atoms with Gasteiger partial charge in [-0.25, -0.2) is 0 Å². The van der Waals surface area contributed by atoms with Crippen molar-refractivity contribution in [1.82, 2.24) is 0 Å². The van der Waals surface area contributed by atoms with Crippen LogP contribution >= 0.6 is 0 Å². The van der Waals surface area contributed by atoms with Crippen LogP contribution in [0.4, 0.5) is 0 Å². The molecule has 0 heteroatoms. The molecule has 2 saturated carbocycles. The zero-order valence-electron chi connectivity index (χ0n) is 7.78. The number of hydrogen-bond acceptors (Lipinski definition) is 0. The highest BCUT2D eigenvalue weighted by atomic mass is 14.5. The van der Waals surface area contributed by atoms with E-state index in [1.54, 1.807) is 17.1 Å². The molecule has 2 aliphatic carbocycles. The fourth-order valence-corrected chi connectivity index (χ4v) is 2.91. The van der Waals surface area contributed by atoms with E-state index >= 15 is 0 Å². The van der Waals surface area contributed by atoms with E-state index in [9.17, 15) is 0 Å². The van der Waals surface area contributed by atoms with Gasteiger partial charge in [0.15, 0.2) is 0 Å². The molecule has 2 aliphatic rings. The summed E-state index contributed by atoms with van der Waals surface area (Å²) < 4.78 is 0. The molecule has 0 aromatic carbocycles. The zero-order chi connectivity index (χ0) is 8.01. The molecule has 0 heterocycles. The van der Waals surface area contributed by atoms with Gasteiger partial charge in [0.1, 0.15) is 0 Å². The minimum absolute atomic E-state index is 0.940. The Hall–Kier alpha value is -0.260. The summed E-state index contributed by atoms with van der Waals surface area (Å²) in [5.41, 5.74) is 3.32. The minimum Gasteiger partial charge on any atom is -0.0763 e. The second-order valence-corrected chi connectivity index (χ2v) is 4.34. The average molecular weight is 149 g/mol. The van der Waals surface area contributed by atoms with Crippen molar-refractivity contribution in [3.8, 4) is 0 Å². The van der Waals surface area contributed by atoms with E-state index in [0.29, 0.717) is 0 Å². The number of allylic oxidation sites excluding steroid dienone is 2. The van der Waals surface area contributed by atoms with Crippen molar-refractivity contribution in [1.29, 1.82) is 0 Å². The van der Waals surface area contributed by atoms with Gasteiger partial charge in [-0.05, 0) is 44.9 Å². The van der Waals surface area contributed by atoms with Crippen LogP contribution in [-0.2, 0) is 0 Å². The van der Waals surface area contributed by atoms with Gasteiger partial charge in [0.25, 0.3) is 0 Å². The number of hydrogen-bond donors (Lipinski definition) is 0. The van der Waals surface area contributed by atoms with Gasteiger partial charge in [-0.3, -0.25) is 0 Å². The first kappa shape index (κ1) is 7.39. The maximum Gasteiger partial charge on any atom is 0.00141 e. The molecule has 0 amide bonds. The topological polar surface area (TPSA) is 0 Å². The fraction of sp³-hybridized carbons (Fsp3) is 0.727. The van der Waals surface area contributed by atoms with E-state index in [4.69, 9.17) is 0 Å². The van der Waals surface area contributed by atoms with E-state index in [2.05, 4.69) is 20.8 Å². The van der Waals surface area contributed by atoms with Crippen LogP contribution in [0.1, 0.15) is 40.0 Å². The molecule has 0 N–H and O–H groups in total. The third-order valence-electron chi connectivity index (χ3n) is 3.30. The molecule has 2 fully saturated rings. The molecular weight excluding hydrogens is 132 g/mol. The van der Waals surface area contributed by atoms with Crippen molar-refractivity contribution in [3.63, 3.8) is 0 Å².